The van der Waals surface area contributed by atoms with E-state index in [0.717, 1.165) is 33.6 Å². The van der Waals surface area contributed by atoms with Crippen LogP contribution in [0.4, 0.5) is 0 Å². The first kappa shape index (κ1) is 35.7. The van der Waals surface area contributed by atoms with E-state index in [1.807, 2.05) is 18.2 Å². The summed E-state index contributed by atoms with van der Waals surface area (Å²) < 4.78 is 0. The second kappa shape index (κ2) is 14.8. The first-order valence-corrected chi connectivity index (χ1v) is 21.2. The predicted molar refractivity (Wildman–Crippen MR) is 262 cm³/mol. The molecule has 11 aromatic carbocycles. The van der Waals surface area contributed by atoms with Crippen LogP contribution in [0, 0.1) is 0 Å². The minimum Gasteiger partial charge on any atom is -0.228 e. The fraction of sp³-hybridized carbons (Fsp3) is 0. The van der Waals surface area contributed by atoms with E-state index < -0.39 is 0 Å². The standard InChI is InChI=1S/C60H38N2/c1-3-17-43(18-4-1)57-51-25-13-14-26-52(51)58(54-34-33-40-16-9-10-22-48(40)59(54)57)53-36-35-47(49-23-11-12-24-50(49)53)41-28-30-42(31-29-41)55-38-56(62-60(61-55)44-19-5-2-6-20-44)46-32-27-39-15-7-8-21-45(39)37-46/h1-38H. The quantitative estimate of drug-likeness (QED) is 0.124. The van der Waals surface area contributed by atoms with Crippen LogP contribution in [0.1, 0.15) is 0 Å². The van der Waals surface area contributed by atoms with Gasteiger partial charge in [0.15, 0.2) is 5.82 Å². The molecule has 0 N–H and O–H groups in total. The summed E-state index contributed by atoms with van der Waals surface area (Å²) in [5.41, 5.74) is 12.2. The maximum Gasteiger partial charge on any atom is 0.160 e. The first-order chi connectivity index (χ1) is 30.7. The Hall–Kier alpha value is -8.20. The summed E-state index contributed by atoms with van der Waals surface area (Å²) in [5, 5.41) is 12.4. The highest BCUT2D eigenvalue weighted by Gasteiger charge is 2.21. The molecule has 0 aliphatic heterocycles. The number of hydrogen-bond donors (Lipinski definition) is 0. The minimum absolute atomic E-state index is 0.710. The molecule has 0 bridgehead atoms. The van der Waals surface area contributed by atoms with Gasteiger partial charge in [0, 0.05) is 16.7 Å². The van der Waals surface area contributed by atoms with Crippen molar-refractivity contribution in [2.75, 3.05) is 0 Å². The summed E-state index contributed by atoms with van der Waals surface area (Å²) in [7, 11) is 0. The van der Waals surface area contributed by atoms with Crippen LogP contribution in [-0.4, -0.2) is 9.97 Å². The lowest BCUT2D eigenvalue weighted by molar-refractivity contribution is 1.18. The maximum absolute atomic E-state index is 5.14. The zero-order valence-electron chi connectivity index (χ0n) is 33.8. The van der Waals surface area contributed by atoms with Crippen LogP contribution < -0.4 is 0 Å². The third kappa shape index (κ3) is 6.04. The van der Waals surface area contributed by atoms with E-state index in [4.69, 9.17) is 9.97 Å². The highest BCUT2D eigenvalue weighted by molar-refractivity contribution is 6.29. The molecule has 12 aromatic rings. The molecule has 0 spiro atoms. The largest absolute Gasteiger partial charge is 0.228 e. The molecule has 288 valence electrons. The van der Waals surface area contributed by atoms with Crippen LogP contribution >= 0.6 is 0 Å². The van der Waals surface area contributed by atoms with Crippen LogP contribution in [0.3, 0.4) is 0 Å². The van der Waals surface area contributed by atoms with Gasteiger partial charge in [-0.1, -0.05) is 218 Å². The molecule has 0 atom stereocenters. The molecule has 0 amide bonds. The van der Waals surface area contributed by atoms with Crippen LogP contribution in [0.25, 0.3) is 121 Å². The molecule has 1 heterocycles. The Bertz CT molecular complexity index is 3670. The van der Waals surface area contributed by atoms with Crippen molar-refractivity contribution in [2.45, 2.75) is 0 Å². The van der Waals surface area contributed by atoms with Gasteiger partial charge >= 0.3 is 0 Å². The number of hydrogen-bond acceptors (Lipinski definition) is 2. The van der Waals surface area contributed by atoms with Crippen molar-refractivity contribution < 1.29 is 0 Å². The molecule has 2 nitrogen and oxygen atoms in total. The molecular weight excluding hydrogens is 749 g/mol. The van der Waals surface area contributed by atoms with Crippen molar-refractivity contribution in [1.82, 2.24) is 9.97 Å². The van der Waals surface area contributed by atoms with Gasteiger partial charge in [0.05, 0.1) is 11.4 Å². The van der Waals surface area contributed by atoms with E-state index in [9.17, 15) is 0 Å². The smallest absolute Gasteiger partial charge is 0.160 e. The van der Waals surface area contributed by atoms with Crippen LogP contribution in [0.2, 0.25) is 0 Å². The topological polar surface area (TPSA) is 25.8 Å². The fourth-order valence-electron chi connectivity index (χ4n) is 9.54. The van der Waals surface area contributed by atoms with Gasteiger partial charge in [-0.2, -0.15) is 0 Å². The van der Waals surface area contributed by atoms with E-state index in [0.29, 0.717) is 5.82 Å². The molecule has 0 unspecified atom stereocenters. The number of benzene rings is 11. The molecule has 62 heavy (non-hydrogen) atoms. The molecule has 1 aromatic heterocycles. The predicted octanol–water partition coefficient (Wildman–Crippen LogP) is 16.2. The normalized spacial score (nSPS) is 11.5. The van der Waals surface area contributed by atoms with Gasteiger partial charge in [0.2, 0.25) is 0 Å². The van der Waals surface area contributed by atoms with Gasteiger partial charge in [0.1, 0.15) is 0 Å². The van der Waals surface area contributed by atoms with E-state index in [2.05, 4.69) is 212 Å². The number of fused-ring (bicyclic) bond motifs is 6. The van der Waals surface area contributed by atoms with Crippen LogP contribution in [0.5, 0.6) is 0 Å². The zero-order chi connectivity index (χ0) is 41.0. The molecule has 0 saturated heterocycles. The lowest BCUT2D eigenvalue weighted by Gasteiger charge is -2.21. The summed E-state index contributed by atoms with van der Waals surface area (Å²) in [6, 6.07) is 83.1. The van der Waals surface area contributed by atoms with Crippen molar-refractivity contribution in [3.63, 3.8) is 0 Å². The average Bonchev–Trinajstić information content (AvgIpc) is 3.35. The lowest BCUT2D eigenvalue weighted by Crippen LogP contribution is -1.96. The Morgan fingerprint density at radius 3 is 1.47 bits per heavy atom. The summed E-state index contributed by atoms with van der Waals surface area (Å²) in [6.45, 7) is 0. The van der Waals surface area contributed by atoms with Gasteiger partial charge in [0.25, 0.3) is 0 Å². The monoisotopic (exact) mass is 786 g/mol. The third-order valence-corrected chi connectivity index (χ3v) is 12.5. The molecule has 0 saturated carbocycles. The minimum atomic E-state index is 0.710. The van der Waals surface area contributed by atoms with Gasteiger partial charge in [-0.05, 0) is 99.4 Å². The maximum atomic E-state index is 5.14. The van der Waals surface area contributed by atoms with Crippen molar-refractivity contribution >= 4 is 53.9 Å². The molecule has 0 aliphatic rings. The van der Waals surface area contributed by atoms with Gasteiger partial charge in [-0.3, -0.25) is 0 Å². The van der Waals surface area contributed by atoms with Crippen LogP contribution in [0.15, 0.2) is 231 Å². The molecule has 2 heteroatoms. The van der Waals surface area contributed by atoms with E-state index in [-0.39, 0.29) is 0 Å². The SMILES string of the molecule is c1ccc(-c2nc(-c3ccc(-c4ccc(-c5c6ccccc6c(-c6ccccc6)c6c5ccc5ccccc56)c5ccccc45)cc3)cc(-c3ccc4ccccc4c3)n2)cc1. The molecule has 0 fully saturated rings. The Kier molecular flexibility index (Phi) is 8.53. The highest BCUT2D eigenvalue weighted by Crippen LogP contribution is 2.48. The van der Waals surface area contributed by atoms with Crippen molar-refractivity contribution in [3.8, 4) is 67.3 Å². The number of nitrogens with zero attached hydrogens (tertiary/aromatic N) is 2. The highest BCUT2D eigenvalue weighted by atomic mass is 14.9. The second-order valence-corrected chi connectivity index (χ2v) is 16.0. The molecule has 0 radical (unpaired) electrons. The summed E-state index contributed by atoms with van der Waals surface area (Å²) in [4.78, 5) is 10.2. The van der Waals surface area contributed by atoms with Crippen LogP contribution in [-0.2, 0) is 0 Å². The number of rotatable bonds is 6. The fourth-order valence-corrected chi connectivity index (χ4v) is 9.54. The Morgan fingerprint density at radius 1 is 0.242 bits per heavy atom. The number of aromatic nitrogens is 2. The van der Waals surface area contributed by atoms with Gasteiger partial charge in [-0.15, -0.1) is 0 Å². The lowest BCUT2D eigenvalue weighted by atomic mass is 9.82. The van der Waals surface area contributed by atoms with E-state index in [1.54, 1.807) is 0 Å². The van der Waals surface area contributed by atoms with Gasteiger partial charge < -0.3 is 0 Å². The summed E-state index contributed by atoms with van der Waals surface area (Å²) in [6.07, 6.45) is 0. The molecule has 0 aliphatic carbocycles. The molecule has 12 rings (SSSR count). The van der Waals surface area contributed by atoms with Crippen molar-refractivity contribution in [1.29, 1.82) is 0 Å². The Morgan fingerprint density at radius 2 is 0.742 bits per heavy atom. The van der Waals surface area contributed by atoms with Crippen molar-refractivity contribution in [3.05, 3.63) is 231 Å². The summed E-state index contributed by atoms with van der Waals surface area (Å²) in [5.74, 6) is 0.710. The third-order valence-electron chi connectivity index (χ3n) is 12.5. The zero-order valence-corrected chi connectivity index (χ0v) is 33.8. The molecular formula is C60H38N2. The summed E-state index contributed by atoms with van der Waals surface area (Å²) >= 11 is 0. The Balaban J connectivity index is 1.01. The van der Waals surface area contributed by atoms with E-state index >= 15 is 0 Å². The average molecular weight is 787 g/mol. The first-order valence-electron chi connectivity index (χ1n) is 21.2. The van der Waals surface area contributed by atoms with Gasteiger partial charge in [-0.25, -0.2) is 9.97 Å². The van der Waals surface area contributed by atoms with E-state index in [1.165, 1.54) is 81.7 Å². The Labute approximate surface area is 360 Å². The second-order valence-electron chi connectivity index (χ2n) is 16.0. The van der Waals surface area contributed by atoms with Crippen molar-refractivity contribution in [2.24, 2.45) is 0 Å².